The minimum Gasteiger partial charge on any atom is -0.325 e. The van der Waals surface area contributed by atoms with Crippen molar-refractivity contribution >= 4 is 37.7 Å². The molecule has 144 valence electrons. The molecule has 1 aliphatic rings. The zero-order valence-corrected chi connectivity index (χ0v) is 16.5. The van der Waals surface area contributed by atoms with E-state index in [1.54, 1.807) is 0 Å². The first-order chi connectivity index (χ1) is 12.7. The lowest BCUT2D eigenvalue weighted by Gasteiger charge is -2.36. The number of nitrogens with zero attached hydrogens (tertiary/aromatic N) is 1. The zero-order valence-electron chi connectivity index (χ0n) is 14.1. The lowest BCUT2D eigenvalue weighted by molar-refractivity contribution is -0.120. The highest BCUT2D eigenvalue weighted by Gasteiger charge is 2.40. The fourth-order valence-electron chi connectivity index (χ4n) is 2.82. The summed E-state index contributed by atoms with van der Waals surface area (Å²) in [6.45, 7) is 0. The molecule has 0 saturated carbocycles. The molecule has 0 aromatic heterocycles. The lowest BCUT2D eigenvalue weighted by atomic mass is 9.99. The first-order valence-corrected chi connectivity index (χ1v) is 10.2. The maximum Gasteiger partial charge on any atom is 0.280 e. The van der Waals surface area contributed by atoms with Gasteiger partial charge in [-0.3, -0.25) is 4.79 Å². The molecular formula is C17H16BrF2N3O3S. The predicted molar refractivity (Wildman–Crippen MR) is 100 cm³/mol. The molecular weight excluding hydrogens is 444 g/mol. The van der Waals surface area contributed by atoms with Gasteiger partial charge in [0.25, 0.3) is 10.2 Å². The van der Waals surface area contributed by atoms with Crippen LogP contribution < -0.4 is 10.0 Å². The average molecular weight is 460 g/mol. The molecule has 2 aromatic carbocycles. The monoisotopic (exact) mass is 459 g/mol. The number of nitrogens with one attached hydrogen (secondary N) is 2. The van der Waals surface area contributed by atoms with E-state index in [9.17, 15) is 22.0 Å². The summed E-state index contributed by atoms with van der Waals surface area (Å²) in [5.41, 5.74) is 0.881. The third-order valence-electron chi connectivity index (χ3n) is 4.33. The topological polar surface area (TPSA) is 78.5 Å². The minimum atomic E-state index is -3.91. The maximum absolute atomic E-state index is 13.3. The van der Waals surface area contributed by atoms with Crippen molar-refractivity contribution in [1.82, 2.24) is 9.03 Å². The fourth-order valence-corrected chi connectivity index (χ4v) is 4.47. The Morgan fingerprint density at radius 3 is 2.52 bits per heavy atom. The largest absolute Gasteiger partial charge is 0.325 e. The molecule has 1 heterocycles. The summed E-state index contributed by atoms with van der Waals surface area (Å²) in [4.78, 5) is 12.7. The van der Waals surface area contributed by atoms with Gasteiger partial charge < -0.3 is 5.32 Å². The fraction of sp³-hybridized carbons (Fsp3) is 0.235. The van der Waals surface area contributed by atoms with Gasteiger partial charge in [0.05, 0.1) is 4.47 Å². The number of anilines is 1. The molecule has 2 aromatic rings. The Labute approximate surface area is 163 Å². The normalized spacial score (nSPS) is 22.4. The molecule has 0 spiro atoms. The van der Waals surface area contributed by atoms with Crippen LogP contribution in [-0.2, 0) is 15.0 Å². The summed E-state index contributed by atoms with van der Waals surface area (Å²) >= 11 is 3.03. The van der Waals surface area contributed by atoms with Gasteiger partial charge in [0, 0.05) is 18.8 Å². The van der Waals surface area contributed by atoms with Crippen LogP contribution in [0.15, 0.2) is 46.9 Å². The quantitative estimate of drug-likeness (QED) is 0.740. The minimum absolute atomic E-state index is 0.148. The van der Waals surface area contributed by atoms with Crippen LogP contribution in [0, 0.1) is 11.6 Å². The molecule has 2 unspecified atom stereocenters. The van der Waals surface area contributed by atoms with Crippen molar-refractivity contribution in [3.63, 3.8) is 0 Å². The number of amides is 1. The molecule has 27 heavy (non-hydrogen) atoms. The van der Waals surface area contributed by atoms with Crippen LogP contribution in [0.1, 0.15) is 18.0 Å². The molecule has 6 nitrogen and oxygen atoms in total. The lowest BCUT2D eigenvalue weighted by Crippen LogP contribution is -2.55. The standard InChI is InChI=1S/C17H16BrF2N3O3S/c1-23-16(17(24)21-12-6-7-14(20)13(18)8-12)9-15(22-27(23,25)26)10-2-4-11(19)5-3-10/h2-8,15-16,22H,9H2,1H3,(H,21,24). The maximum atomic E-state index is 13.3. The second-order valence-corrected chi connectivity index (χ2v) is 8.73. The second kappa shape index (κ2) is 7.63. The summed E-state index contributed by atoms with van der Waals surface area (Å²) in [5, 5.41) is 2.60. The SMILES string of the molecule is CN1C(C(=O)Nc2ccc(F)c(Br)c2)CC(c2ccc(F)cc2)NS1(=O)=O. The number of rotatable bonds is 3. The molecule has 10 heteroatoms. The van der Waals surface area contributed by atoms with E-state index in [4.69, 9.17) is 0 Å². The van der Waals surface area contributed by atoms with Gasteiger partial charge in [-0.1, -0.05) is 12.1 Å². The van der Waals surface area contributed by atoms with Crippen molar-refractivity contribution in [2.24, 2.45) is 0 Å². The Bertz CT molecular complexity index is 970. The van der Waals surface area contributed by atoms with Crippen molar-refractivity contribution in [3.8, 4) is 0 Å². The highest BCUT2D eigenvalue weighted by molar-refractivity contribution is 9.10. The molecule has 0 bridgehead atoms. The van der Waals surface area contributed by atoms with E-state index in [1.165, 1.54) is 49.5 Å². The second-order valence-electron chi connectivity index (χ2n) is 6.11. The van der Waals surface area contributed by atoms with E-state index in [-0.39, 0.29) is 10.9 Å². The van der Waals surface area contributed by atoms with E-state index in [2.05, 4.69) is 26.0 Å². The molecule has 0 radical (unpaired) electrons. The number of likely N-dealkylation sites (N-methyl/N-ethyl adjacent to an activating group) is 1. The molecule has 1 amide bonds. The summed E-state index contributed by atoms with van der Waals surface area (Å²) in [7, 11) is -2.61. The average Bonchev–Trinajstić information content (AvgIpc) is 2.61. The Morgan fingerprint density at radius 1 is 1.22 bits per heavy atom. The van der Waals surface area contributed by atoms with E-state index in [0.717, 1.165) is 4.31 Å². The predicted octanol–water partition coefficient (Wildman–Crippen LogP) is 2.95. The van der Waals surface area contributed by atoms with Crippen molar-refractivity contribution in [1.29, 1.82) is 0 Å². The first kappa shape index (κ1) is 19.9. The number of hydrogen-bond donors (Lipinski definition) is 2. The van der Waals surface area contributed by atoms with Crippen molar-refractivity contribution in [2.75, 3.05) is 12.4 Å². The molecule has 1 aliphatic heterocycles. The van der Waals surface area contributed by atoms with Crippen LogP contribution in [0.4, 0.5) is 14.5 Å². The molecule has 2 atom stereocenters. The van der Waals surface area contributed by atoms with E-state index >= 15 is 0 Å². The van der Waals surface area contributed by atoms with Gasteiger partial charge in [-0.25, -0.2) is 8.78 Å². The molecule has 1 fully saturated rings. The number of hydrogen-bond acceptors (Lipinski definition) is 3. The third kappa shape index (κ3) is 4.34. The number of halogens is 3. The summed E-state index contributed by atoms with van der Waals surface area (Å²) in [6, 6.07) is 7.69. The van der Waals surface area contributed by atoms with Gasteiger partial charge >= 0.3 is 0 Å². The van der Waals surface area contributed by atoms with Crippen LogP contribution in [0.3, 0.4) is 0 Å². The first-order valence-electron chi connectivity index (χ1n) is 7.94. The number of carbonyl (C=O) groups excluding carboxylic acids is 1. The van der Waals surface area contributed by atoms with Gasteiger partial charge in [0.15, 0.2) is 0 Å². The smallest absolute Gasteiger partial charge is 0.280 e. The van der Waals surface area contributed by atoms with Gasteiger partial charge in [0.1, 0.15) is 17.7 Å². The highest BCUT2D eigenvalue weighted by atomic mass is 79.9. The van der Waals surface area contributed by atoms with Crippen LogP contribution in [0.2, 0.25) is 0 Å². The third-order valence-corrected chi connectivity index (χ3v) is 6.53. The Morgan fingerprint density at radius 2 is 1.89 bits per heavy atom. The molecule has 0 aliphatic carbocycles. The van der Waals surface area contributed by atoms with E-state index < -0.39 is 39.8 Å². The Balaban J connectivity index is 1.84. The summed E-state index contributed by atoms with van der Waals surface area (Å²) < 4.78 is 54.9. The van der Waals surface area contributed by atoms with E-state index in [1.807, 2.05) is 0 Å². The van der Waals surface area contributed by atoms with Gasteiger partial charge in [-0.05, 0) is 58.2 Å². The van der Waals surface area contributed by atoms with Gasteiger partial charge in [-0.2, -0.15) is 17.4 Å². The van der Waals surface area contributed by atoms with Gasteiger partial charge in [0.2, 0.25) is 5.91 Å². The summed E-state index contributed by atoms with van der Waals surface area (Å²) in [5.74, 6) is -1.47. The molecule has 1 saturated heterocycles. The number of carbonyl (C=O) groups is 1. The van der Waals surface area contributed by atoms with Gasteiger partial charge in [-0.15, -0.1) is 0 Å². The molecule has 2 N–H and O–H groups in total. The number of benzene rings is 2. The van der Waals surface area contributed by atoms with Crippen LogP contribution >= 0.6 is 15.9 Å². The Hall–Kier alpha value is -1.88. The van der Waals surface area contributed by atoms with Crippen molar-refractivity contribution < 1.29 is 22.0 Å². The Kier molecular flexibility index (Phi) is 5.61. The summed E-state index contributed by atoms with van der Waals surface area (Å²) in [6.07, 6.45) is 0.148. The van der Waals surface area contributed by atoms with Crippen molar-refractivity contribution in [3.05, 3.63) is 64.1 Å². The van der Waals surface area contributed by atoms with Crippen LogP contribution in [0.5, 0.6) is 0 Å². The van der Waals surface area contributed by atoms with Crippen molar-refractivity contribution in [2.45, 2.75) is 18.5 Å². The van der Waals surface area contributed by atoms with Crippen LogP contribution in [0.25, 0.3) is 0 Å². The highest BCUT2D eigenvalue weighted by Crippen LogP contribution is 2.29. The van der Waals surface area contributed by atoms with E-state index in [0.29, 0.717) is 11.3 Å². The van der Waals surface area contributed by atoms with Crippen LogP contribution in [-0.4, -0.2) is 31.7 Å². The molecule has 3 rings (SSSR count). The zero-order chi connectivity index (χ0) is 19.8.